The van der Waals surface area contributed by atoms with E-state index in [9.17, 15) is 9.65 Å². The molecule has 262 valence electrons. The highest BCUT2D eigenvalue weighted by molar-refractivity contribution is 6.36. The third kappa shape index (κ3) is 7.63. The van der Waals surface area contributed by atoms with Gasteiger partial charge in [-0.25, -0.2) is 4.39 Å². The molecule has 50 heavy (non-hydrogen) atoms. The molecule has 0 saturated carbocycles. The lowest BCUT2D eigenvalue weighted by molar-refractivity contribution is 0.0988. The lowest BCUT2D eigenvalue weighted by Crippen LogP contribution is -2.49. The van der Waals surface area contributed by atoms with E-state index >= 15 is 0 Å². The molecule has 9 nitrogen and oxygen atoms in total. The summed E-state index contributed by atoms with van der Waals surface area (Å²) in [6, 6.07) is 16.7. The second kappa shape index (κ2) is 15.0. The van der Waals surface area contributed by atoms with E-state index in [-0.39, 0.29) is 16.6 Å². The molecule has 2 aliphatic rings. The number of hydrazine groups is 1. The van der Waals surface area contributed by atoms with Crippen LogP contribution in [0.25, 0.3) is 10.9 Å². The Hall–Kier alpha value is -4.11. The number of benzene rings is 3. The van der Waals surface area contributed by atoms with Crippen LogP contribution in [0.2, 0.25) is 10.0 Å². The number of likely N-dealkylation sites (tertiary alicyclic amines) is 1. The Kier molecular flexibility index (Phi) is 10.7. The summed E-state index contributed by atoms with van der Waals surface area (Å²) in [5.74, 6) is 5.78. The standard InChI is InChI=1S/C38H44Cl2FN9/c1-5-49-21-23-7-6-8-28(30(23)22-49)37(34(48-43)20-44-25-11-13-50(14-12-25)38(2,3)4)47-27-15-29-35(46-26-9-10-33(41)31(39)16-26)24(18-42)19-45-36(29)32(40)17-27/h6-10,15-17,19-20,25,37,44,47-48H,5,11-14,21-22,43H2,1-4H3,(H,45,46)/b34-20-/t37-/m0/s1. The van der Waals surface area contributed by atoms with Crippen LogP contribution < -0.4 is 27.2 Å². The van der Waals surface area contributed by atoms with Crippen molar-refractivity contribution in [3.05, 3.63) is 105 Å². The molecule has 1 saturated heterocycles. The smallest absolute Gasteiger partial charge is 0.141 e. The van der Waals surface area contributed by atoms with Crippen LogP contribution in [0, 0.1) is 17.1 Å². The summed E-state index contributed by atoms with van der Waals surface area (Å²) >= 11 is 13.0. The van der Waals surface area contributed by atoms with Gasteiger partial charge in [0.25, 0.3) is 0 Å². The molecular weight excluding hydrogens is 672 g/mol. The van der Waals surface area contributed by atoms with E-state index in [0.29, 0.717) is 44.6 Å². The number of nitrogens with two attached hydrogens (primary N) is 1. The van der Waals surface area contributed by atoms with E-state index in [1.807, 2.05) is 18.3 Å². The van der Waals surface area contributed by atoms with Gasteiger partial charge in [0, 0.05) is 66.9 Å². The number of rotatable bonds is 10. The number of hydrogen-bond donors (Lipinski definition) is 5. The third-order valence-corrected chi connectivity index (χ3v) is 10.4. The van der Waals surface area contributed by atoms with Gasteiger partial charge in [0.05, 0.1) is 38.6 Å². The zero-order chi connectivity index (χ0) is 35.6. The van der Waals surface area contributed by atoms with Gasteiger partial charge in [-0.05, 0) is 87.2 Å². The zero-order valence-electron chi connectivity index (χ0n) is 28.9. The van der Waals surface area contributed by atoms with Crippen molar-refractivity contribution in [2.45, 2.75) is 71.2 Å². The fourth-order valence-corrected chi connectivity index (χ4v) is 7.36. The predicted molar refractivity (Wildman–Crippen MR) is 202 cm³/mol. The summed E-state index contributed by atoms with van der Waals surface area (Å²) in [6.07, 6.45) is 5.53. The van der Waals surface area contributed by atoms with Gasteiger partial charge in [0.2, 0.25) is 0 Å². The van der Waals surface area contributed by atoms with Crippen LogP contribution in [0.1, 0.15) is 68.8 Å². The average Bonchev–Trinajstić information content (AvgIpc) is 3.54. The quantitative estimate of drug-likeness (QED) is 0.0824. The third-order valence-electron chi connectivity index (χ3n) is 9.78. The number of aromatic nitrogens is 1. The summed E-state index contributed by atoms with van der Waals surface area (Å²) in [4.78, 5) is 9.45. The number of anilines is 3. The molecule has 1 atom stereocenters. The highest BCUT2D eigenvalue weighted by Crippen LogP contribution is 2.39. The van der Waals surface area contributed by atoms with Crippen molar-refractivity contribution in [3.8, 4) is 6.07 Å². The van der Waals surface area contributed by atoms with Crippen LogP contribution >= 0.6 is 23.2 Å². The van der Waals surface area contributed by atoms with Crippen molar-refractivity contribution < 1.29 is 4.39 Å². The Morgan fingerprint density at radius 1 is 1.10 bits per heavy atom. The fraction of sp³-hybridized carbons (Fsp3) is 0.368. The summed E-state index contributed by atoms with van der Waals surface area (Å²) in [7, 11) is 0. The summed E-state index contributed by atoms with van der Waals surface area (Å²) in [6.45, 7) is 13.7. The first kappa shape index (κ1) is 35.7. The maximum absolute atomic E-state index is 14.0. The molecule has 0 bridgehead atoms. The fourth-order valence-electron chi connectivity index (χ4n) is 6.91. The molecule has 0 spiro atoms. The molecule has 0 unspecified atom stereocenters. The number of fused-ring (bicyclic) bond motifs is 2. The molecule has 6 rings (SSSR count). The Morgan fingerprint density at radius 3 is 2.54 bits per heavy atom. The minimum atomic E-state index is -0.533. The molecule has 4 aromatic rings. The topological polar surface area (TPSA) is 117 Å². The number of hydrogen-bond acceptors (Lipinski definition) is 9. The first-order chi connectivity index (χ1) is 24.0. The lowest BCUT2D eigenvalue weighted by atomic mass is 9.95. The minimum absolute atomic E-state index is 0.0332. The van der Waals surface area contributed by atoms with Gasteiger partial charge in [-0.3, -0.25) is 20.6 Å². The van der Waals surface area contributed by atoms with Gasteiger partial charge < -0.3 is 21.4 Å². The largest absolute Gasteiger partial charge is 0.387 e. The van der Waals surface area contributed by atoms with Crippen LogP contribution in [0.15, 0.2) is 66.6 Å². The highest BCUT2D eigenvalue weighted by atomic mass is 35.5. The molecule has 6 N–H and O–H groups in total. The van der Waals surface area contributed by atoms with Crippen LogP contribution in [0.5, 0.6) is 0 Å². The number of nitrogens with zero attached hydrogens (tertiary/aromatic N) is 4. The maximum Gasteiger partial charge on any atom is 0.141 e. The summed E-state index contributed by atoms with van der Waals surface area (Å²) < 4.78 is 14.0. The highest BCUT2D eigenvalue weighted by Gasteiger charge is 2.29. The van der Waals surface area contributed by atoms with Gasteiger partial charge in [0.15, 0.2) is 0 Å². The SMILES string of the molecule is CCN1Cc2cccc([C@H](Nc3cc(Cl)c4ncc(C#N)c(Nc5ccc(F)c(Cl)c5)c4c3)/C(=C/NC3CCN(C(C)(C)C)CC3)NN)c2C1. The van der Waals surface area contributed by atoms with E-state index in [2.05, 4.69) is 88.1 Å². The second-order valence-electron chi connectivity index (χ2n) is 14.0. The molecule has 12 heteroatoms. The Bertz CT molecular complexity index is 1940. The minimum Gasteiger partial charge on any atom is -0.387 e. The molecule has 3 aromatic carbocycles. The van der Waals surface area contributed by atoms with Gasteiger partial charge in [0.1, 0.15) is 11.9 Å². The van der Waals surface area contributed by atoms with E-state index in [1.54, 1.807) is 6.07 Å². The van der Waals surface area contributed by atoms with Gasteiger partial charge in [-0.2, -0.15) is 5.26 Å². The average molecular weight is 717 g/mol. The Labute approximate surface area is 303 Å². The van der Waals surface area contributed by atoms with Crippen molar-refractivity contribution in [3.63, 3.8) is 0 Å². The van der Waals surface area contributed by atoms with Crippen LogP contribution in [0.3, 0.4) is 0 Å². The molecule has 2 aliphatic heterocycles. The van der Waals surface area contributed by atoms with E-state index in [0.717, 1.165) is 56.8 Å². The van der Waals surface area contributed by atoms with Crippen LogP contribution in [-0.2, 0) is 13.1 Å². The van der Waals surface area contributed by atoms with Gasteiger partial charge in [-0.1, -0.05) is 48.3 Å². The van der Waals surface area contributed by atoms with E-state index in [1.165, 1.54) is 29.5 Å². The van der Waals surface area contributed by atoms with E-state index in [4.69, 9.17) is 29.0 Å². The first-order valence-electron chi connectivity index (χ1n) is 17.0. The molecule has 3 heterocycles. The number of nitriles is 1. The maximum atomic E-state index is 14.0. The molecule has 0 amide bonds. The van der Waals surface area contributed by atoms with Crippen molar-refractivity contribution in [1.82, 2.24) is 25.5 Å². The number of halogens is 3. The van der Waals surface area contributed by atoms with E-state index < -0.39 is 5.82 Å². The molecular formula is C38H44Cl2FN9. The van der Waals surface area contributed by atoms with Gasteiger partial charge >= 0.3 is 0 Å². The Morgan fingerprint density at radius 2 is 1.86 bits per heavy atom. The van der Waals surface area contributed by atoms with Crippen LogP contribution in [0.4, 0.5) is 21.5 Å². The summed E-state index contributed by atoms with van der Waals surface area (Å²) in [5.41, 5.74) is 10.1. The summed E-state index contributed by atoms with van der Waals surface area (Å²) in [5, 5.41) is 21.7. The lowest BCUT2D eigenvalue weighted by Gasteiger charge is -2.41. The Balaban J connectivity index is 1.39. The molecule has 1 fully saturated rings. The number of piperidine rings is 1. The number of pyridine rings is 1. The van der Waals surface area contributed by atoms with Crippen molar-refractivity contribution in [2.75, 3.05) is 30.3 Å². The van der Waals surface area contributed by atoms with Gasteiger partial charge in [-0.15, -0.1) is 0 Å². The molecule has 0 radical (unpaired) electrons. The normalized spacial score (nSPS) is 16.6. The monoisotopic (exact) mass is 715 g/mol. The van der Waals surface area contributed by atoms with Crippen molar-refractivity contribution in [2.24, 2.45) is 5.84 Å². The predicted octanol–water partition coefficient (Wildman–Crippen LogP) is 7.94. The van der Waals surface area contributed by atoms with Crippen LogP contribution in [-0.4, -0.2) is 46.0 Å². The van der Waals surface area contributed by atoms with Crippen molar-refractivity contribution in [1.29, 1.82) is 5.26 Å². The zero-order valence-corrected chi connectivity index (χ0v) is 30.4. The van der Waals surface area contributed by atoms with Crippen molar-refractivity contribution >= 4 is 51.2 Å². The first-order valence-corrected chi connectivity index (χ1v) is 17.8. The number of nitrogens with one attached hydrogen (secondary N) is 4. The molecule has 0 aliphatic carbocycles. The molecule has 1 aromatic heterocycles. The second-order valence-corrected chi connectivity index (χ2v) is 14.8.